The second-order valence-corrected chi connectivity index (χ2v) is 7.79. The minimum absolute atomic E-state index is 0.0779. The van der Waals surface area contributed by atoms with E-state index < -0.39 is 0 Å². The van der Waals surface area contributed by atoms with E-state index in [2.05, 4.69) is 20.8 Å². The van der Waals surface area contributed by atoms with Crippen molar-refractivity contribution in [2.45, 2.75) is 45.2 Å². The quantitative estimate of drug-likeness (QED) is 0.632. The Morgan fingerprint density at radius 2 is 1.93 bits per heavy atom. The zero-order valence-corrected chi connectivity index (χ0v) is 17.4. The van der Waals surface area contributed by atoms with Gasteiger partial charge in [-0.05, 0) is 31.9 Å². The van der Waals surface area contributed by atoms with Gasteiger partial charge in [0.15, 0.2) is 0 Å². The summed E-state index contributed by atoms with van der Waals surface area (Å²) < 4.78 is 3.03. The van der Waals surface area contributed by atoms with Crippen LogP contribution in [0.25, 0.3) is 5.69 Å². The van der Waals surface area contributed by atoms with Gasteiger partial charge in [-0.2, -0.15) is 10.2 Å². The molecule has 30 heavy (non-hydrogen) atoms. The highest BCUT2D eigenvalue weighted by Crippen LogP contribution is 2.24. The number of benzene rings is 1. The predicted molar refractivity (Wildman–Crippen MR) is 114 cm³/mol. The number of nitrogens with one attached hydrogen (secondary N) is 2. The first-order valence-corrected chi connectivity index (χ1v) is 10.3. The third kappa shape index (κ3) is 4.38. The first-order chi connectivity index (χ1) is 14.5. The Balaban J connectivity index is 1.42. The number of anilines is 1. The molecule has 3 aromatic rings. The predicted octanol–water partition coefficient (Wildman–Crippen LogP) is 3.34. The Kier molecular flexibility index (Phi) is 5.85. The summed E-state index contributed by atoms with van der Waals surface area (Å²) in [5.74, 6) is -0.458. The zero-order chi connectivity index (χ0) is 21.1. The molecule has 8 nitrogen and oxygen atoms in total. The molecule has 1 fully saturated rings. The fourth-order valence-electron chi connectivity index (χ4n) is 3.70. The Bertz CT molecular complexity index is 1050. The number of amides is 2. The van der Waals surface area contributed by atoms with E-state index in [1.165, 1.54) is 15.6 Å². The van der Waals surface area contributed by atoms with Gasteiger partial charge in [0.1, 0.15) is 17.3 Å². The third-order valence-corrected chi connectivity index (χ3v) is 5.50. The molecule has 156 valence electrons. The van der Waals surface area contributed by atoms with Crippen molar-refractivity contribution >= 4 is 29.1 Å². The van der Waals surface area contributed by atoms with Crippen LogP contribution in [-0.4, -0.2) is 37.4 Å². The Morgan fingerprint density at radius 3 is 2.67 bits per heavy atom. The van der Waals surface area contributed by atoms with Gasteiger partial charge in [-0.1, -0.05) is 42.6 Å². The molecule has 1 aliphatic rings. The maximum Gasteiger partial charge on any atom is 0.260 e. The van der Waals surface area contributed by atoms with E-state index in [-0.39, 0.29) is 29.6 Å². The lowest BCUT2D eigenvalue weighted by Crippen LogP contribution is -2.35. The summed E-state index contributed by atoms with van der Waals surface area (Å²) in [4.78, 5) is 25.0. The average molecular weight is 427 g/mol. The molecule has 2 aromatic heterocycles. The number of rotatable bonds is 6. The van der Waals surface area contributed by atoms with Crippen LogP contribution in [-0.2, 0) is 11.3 Å². The smallest absolute Gasteiger partial charge is 0.260 e. The monoisotopic (exact) mass is 426 g/mol. The summed E-state index contributed by atoms with van der Waals surface area (Å²) in [6.45, 7) is 1.84. The van der Waals surface area contributed by atoms with Crippen molar-refractivity contribution < 1.29 is 9.59 Å². The highest BCUT2D eigenvalue weighted by molar-refractivity contribution is 6.34. The van der Waals surface area contributed by atoms with Crippen molar-refractivity contribution in [3.8, 4) is 5.69 Å². The third-order valence-electron chi connectivity index (χ3n) is 5.15. The van der Waals surface area contributed by atoms with E-state index in [0.29, 0.717) is 16.9 Å². The zero-order valence-electron chi connectivity index (χ0n) is 16.6. The van der Waals surface area contributed by atoms with Gasteiger partial charge in [0.2, 0.25) is 5.91 Å². The normalized spacial score (nSPS) is 14.1. The molecule has 1 saturated carbocycles. The van der Waals surface area contributed by atoms with Crippen LogP contribution in [0.15, 0.2) is 42.7 Å². The number of carbonyl (C=O) groups is 2. The SMILES string of the molecule is Cc1nn(-c2ccccc2)c(Cl)c1C(=O)Nc1cnn(CC(=O)NC2CCCC2)c1. The van der Waals surface area contributed by atoms with Crippen LogP contribution in [0.1, 0.15) is 41.7 Å². The molecular weight excluding hydrogens is 404 g/mol. The highest BCUT2D eigenvalue weighted by atomic mass is 35.5. The molecule has 0 atom stereocenters. The lowest BCUT2D eigenvalue weighted by molar-refractivity contribution is -0.122. The Labute approximate surface area is 179 Å². The molecule has 4 rings (SSSR count). The Hall–Kier alpha value is -3.13. The summed E-state index contributed by atoms with van der Waals surface area (Å²) in [6, 6.07) is 9.63. The molecule has 0 saturated heterocycles. The summed E-state index contributed by atoms with van der Waals surface area (Å²) in [5, 5.41) is 14.6. The molecule has 0 unspecified atom stereocenters. The summed E-state index contributed by atoms with van der Waals surface area (Å²) in [5.41, 5.74) is 2.07. The van der Waals surface area contributed by atoms with E-state index in [9.17, 15) is 9.59 Å². The number of para-hydroxylation sites is 1. The topological polar surface area (TPSA) is 93.8 Å². The van der Waals surface area contributed by atoms with Gasteiger partial charge in [-0.15, -0.1) is 0 Å². The molecule has 2 heterocycles. The van der Waals surface area contributed by atoms with Gasteiger partial charge in [0.05, 0.1) is 23.3 Å². The lowest BCUT2D eigenvalue weighted by atomic mass is 10.2. The van der Waals surface area contributed by atoms with E-state index >= 15 is 0 Å². The van der Waals surface area contributed by atoms with Crippen molar-refractivity contribution in [2.75, 3.05) is 5.32 Å². The molecule has 9 heteroatoms. The van der Waals surface area contributed by atoms with Crippen molar-refractivity contribution in [2.24, 2.45) is 0 Å². The number of halogens is 1. The van der Waals surface area contributed by atoms with Crippen molar-refractivity contribution in [3.05, 3.63) is 59.1 Å². The standard InChI is InChI=1S/C21H23ClN6O2/c1-14-19(20(22)28(26-14)17-9-3-2-4-10-17)21(30)25-16-11-23-27(12-16)13-18(29)24-15-7-5-6-8-15/h2-4,9-12,15H,5-8,13H2,1H3,(H,24,29)(H,25,30). The van der Waals surface area contributed by atoms with Gasteiger partial charge < -0.3 is 10.6 Å². The minimum atomic E-state index is -0.380. The first-order valence-electron chi connectivity index (χ1n) is 9.95. The molecule has 0 aliphatic heterocycles. The van der Waals surface area contributed by atoms with Crippen LogP contribution in [0.2, 0.25) is 5.15 Å². The van der Waals surface area contributed by atoms with E-state index in [0.717, 1.165) is 31.4 Å². The van der Waals surface area contributed by atoms with Crippen LogP contribution in [0.4, 0.5) is 5.69 Å². The summed E-state index contributed by atoms with van der Waals surface area (Å²) in [7, 11) is 0. The molecule has 2 N–H and O–H groups in total. The fraction of sp³-hybridized carbons (Fsp3) is 0.333. The molecule has 0 radical (unpaired) electrons. The van der Waals surface area contributed by atoms with Crippen molar-refractivity contribution in [3.63, 3.8) is 0 Å². The van der Waals surface area contributed by atoms with Crippen molar-refractivity contribution in [1.29, 1.82) is 0 Å². The number of aryl methyl sites for hydroxylation is 1. The highest BCUT2D eigenvalue weighted by Gasteiger charge is 2.22. The number of nitrogens with zero attached hydrogens (tertiary/aromatic N) is 4. The maximum absolute atomic E-state index is 12.8. The molecule has 2 amide bonds. The number of carbonyl (C=O) groups excluding carboxylic acids is 2. The Morgan fingerprint density at radius 1 is 1.20 bits per heavy atom. The minimum Gasteiger partial charge on any atom is -0.352 e. The van der Waals surface area contributed by atoms with E-state index in [1.807, 2.05) is 30.3 Å². The van der Waals surface area contributed by atoms with Gasteiger partial charge in [0, 0.05) is 12.2 Å². The molecule has 1 aromatic carbocycles. The van der Waals surface area contributed by atoms with Crippen LogP contribution in [0.5, 0.6) is 0 Å². The van der Waals surface area contributed by atoms with Gasteiger partial charge in [-0.25, -0.2) is 4.68 Å². The van der Waals surface area contributed by atoms with E-state index in [4.69, 9.17) is 11.6 Å². The second kappa shape index (κ2) is 8.71. The van der Waals surface area contributed by atoms with Crippen LogP contribution >= 0.6 is 11.6 Å². The maximum atomic E-state index is 12.8. The van der Waals surface area contributed by atoms with Gasteiger partial charge in [-0.3, -0.25) is 14.3 Å². The largest absolute Gasteiger partial charge is 0.352 e. The van der Waals surface area contributed by atoms with Crippen molar-refractivity contribution in [1.82, 2.24) is 24.9 Å². The van der Waals surface area contributed by atoms with E-state index in [1.54, 1.807) is 13.1 Å². The second-order valence-electron chi connectivity index (χ2n) is 7.43. The average Bonchev–Trinajstić information content (AvgIpc) is 3.44. The summed E-state index contributed by atoms with van der Waals surface area (Å²) >= 11 is 6.45. The molecular formula is C21H23ClN6O2. The van der Waals surface area contributed by atoms with Crippen LogP contribution < -0.4 is 10.6 Å². The van der Waals surface area contributed by atoms with Gasteiger partial charge in [0.25, 0.3) is 5.91 Å². The molecule has 1 aliphatic carbocycles. The molecule has 0 spiro atoms. The number of hydrogen-bond donors (Lipinski definition) is 2. The lowest BCUT2D eigenvalue weighted by Gasteiger charge is -2.11. The van der Waals surface area contributed by atoms with Crippen LogP contribution in [0.3, 0.4) is 0 Å². The fourth-order valence-corrected chi connectivity index (χ4v) is 4.05. The first kappa shape index (κ1) is 20.2. The summed E-state index contributed by atoms with van der Waals surface area (Å²) in [6.07, 6.45) is 7.51. The number of aromatic nitrogens is 4. The van der Waals surface area contributed by atoms with Gasteiger partial charge >= 0.3 is 0 Å². The van der Waals surface area contributed by atoms with Crippen LogP contribution in [0, 0.1) is 6.92 Å². The molecule has 0 bridgehead atoms. The number of hydrogen-bond acceptors (Lipinski definition) is 4.